The highest BCUT2D eigenvalue weighted by molar-refractivity contribution is 5.66. The Kier molecular flexibility index (Phi) is 4.90. The van der Waals surface area contributed by atoms with Crippen molar-refractivity contribution in [3.8, 4) is 22.8 Å². The minimum atomic E-state index is 0.553. The van der Waals surface area contributed by atoms with Crippen LogP contribution >= 0.6 is 0 Å². The van der Waals surface area contributed by atoms with E-state index in [9.17, 15) is 0 Å². The van der Waals surface area contributed by atoms with Crippen LogP contribution in [0.5, 0.6) is 11.5 Å². The molecule has 0 bridgehead atoms. The molecule has 0 amide bonds. The fourth-order valence-electron chi connectivity index (χ4n) is 3.66. The Bertz CT molecular complexity index is 715. The van der Waals surface area contributed by atoms with Gasteiger partial charge in [0, 0.05) is 30.3 Å². The van der Waals surface area contributed by atoms with Crippen molar-refractivity contribution in [2.75, 3.05) is 32.8 Å². The number of likely N-dealkylation sites (N-methyl/N-ethyl adjacent to an activating group) is 1. The van der Waals surface area contributed by atoms with Gasteiger partial charge in [0.15, 0.2) is 11.5 Å². The van der Waals surface area contributed by atoms with Crippen LogP contribution in [-0.2, 0) is 6.54 Å². The van der Waals surface area contributed by atoms with E-state index in [4.69, 9.17) is 9.47 Å². The molecule has 2 aliphatic heterocycles. The fourth-order valence-corrected chi connectivity index (χ4v) is 3.66. The molecule has 134 valence electrons. The van der Waals surface area contributed by atoms with Gasteiger partial charge in [-0.15, -0.1) is 0 Å². The number of ether oxygens (including phenoxy) is 2. The Hall–Kier alpha value is -2.05. The first kappa shape index (κ1) is 16.4. The Morgan fingerprint density at radius 1 is 1.28 bits per heavy atom. The van der Waals surface area contributed by atoms with Crippen molar-refractivity contribution in [2.45, 2.75) is 32.4 Å². The zero-order valence-electron chi connectivity index (χ0n) is 14.8. The number of nitrogens with one attached hydrogen (secondary N) is 2. The summed E-state index contributed by atoms with van der Waals surface area (Å²) in [4.78, 5) is 2.51. The van der Waals surface area contributed by atoms with Crippen molar-refractivity contribution in [3.05, 3.63) is 30.0 Å². The zero-order chi connectivity index (χ0) is 17.1. The van der Waals surface area contributed by atoms with Crippen molar-refractivity contribution in [3.63, 3.8) is 0 Å². The molecule has 0 saturated carbocycles. The molecule has 2 aliphatic rings. The normalized spacial score (nSPS) is 20.6. The summed E-state index contributed by atoms with van der Waals surface area (Å²) in [5.41, 5.74) is 3.32. The number of fused-ring (bicyclic) bond motifs is 1. The maximum absolute atomic E-state index is 5.70. The van der Waals surface area contributed by atoms with Crippen molar-refractivity contribution < 1.29 is 9.47 Å². The maximum Gasteiger partial charge on any atom is 0.162 e. The molecule has 2 aromatic rings. The average Bonchev–Trinajstić information content (AvgIpc) is 3.15. The second kappa shape index (κ2) is 7.45. The number of nitrogens with zero attached hydrogens (tertiary/aromatic N) is 2. The summed E-state index contributed by atoms with van der Waals surface area (Å²) in [6, 6.07) is 6.62. The molecule has 0 radical (unpaired) electrons. The predicted octanol–water partition coefficient (Wildman–Crippen LogP) is 2.42. The van der Waals surface area contributed by atoms with Crippen LogP contribution in [0.4, 0.5) is 0 Å². The van der Waals surface area contributed by atoms with E-state index in [0.29, 0.717) is 19.3 Å². The Morgan fingerprint density at radius 2 is 2.16 bits per heavy atom. The van der Waals surface area contributed by atoms with Crippen molar-refractivity contribution in [1.82, 2.24) is 20.4 Å². The minimum absolute atomic E-state index is 0.553. The molecule has 4 rings (SSSR count). The molecule has 2 N–H and O–H groups in total. The van der Waals surface area contributed by atoms with Crippen LogP contribution in [0.2, 0.25) is 0 Å². The number of aromatic amines is 1. The third-order valence-corrected chi connectivity index (χ3v) is 5.08. The third kappa shape index (κ3) is 3.65. The number of benzene rings is 1. The number of hydrogen-bond donors (Lipinski definition) is 2. The molecule has 1 aromatic carbocycles. The highest BCUT2D eigenvalue weighted by Gasteiger charge is 2.19. The van der Waals surface area contributed by atoms with Crippen molar-refractivity contribution in [2.24, 2.45) is 0 Å². The molecule has 1 fully saturated rings. The van der Waals surface area contributed by atoms with E-state index < -0.39 is 0 Å². The van der Waals surface area contributed by atoms with Crippen LogP contribution in [-0.4, -0.2) is 54.0 Å². The van der Waals surface area contributed by atoms with Gasteiger partial charge in [0.2, 0.25) is 0 Å². The summed E-state index contributed by atoms with van der Waals surface area (Å²) in [7, 11) is 0. The van der Waals surface area contributed by atoms with E-state index in [-0.39, 0.29) is 0 Å². The Morgan fingerprint density at radius 3 is 3.04 bits per heavy atom. The van der Waals surface area contributed by atoms with Gasteiger partial charge in [-0.05, 0) is 44.1 Å². The molecule has 0 spiro atoms. The van der Waals surface area contributed by atoms with Gasteiger partial charge < -0.3 is 19.7 Å². The van der Waals surface area contributed by atoms with Crippen LogP contribution in [0.25, 0.3) is 11.3 Å². The van der Waals surface area contributed by atoms with Crippen LogP contribution in [0.15, 0.2) is 24.4 Å². The van der Waals surface area contributed by atoms with E-state index in [2.05, 4.69) is 33.4 Å². The number of hydrogen-bond acceptors (Lipinski definition) is 5. The molecule has 6 nitrogen and oxygen atoms in total. The summed E-state index contributed by atoms with van der Waals surface area (Å²) in [5.74, 6) is 1.62. The zero-order valence-corrected chi connectivity index (χ0v) is 14.8. The van der Waals surface area contributed by atoms with Gasteiger partial charge in [0.05, 0.1) is 11.9 Å². The lowest BCUT2D eigenvalue weighted by Gasteiger charge is -2.32. The topological polar surface area (TPSA) is 62.4 Å². The molecule has 1 aromatic heterocycles. The van der Waals surface area contributed by atoms with Gasteiger partial charge in [-0.25, -0.2) is 0 Å². The summed E-state index contributed by atoms with van der Waals surface area (Å²) in [6.45, 7) is 7.76. The summed E-state index contributed by atoms with van der Waals surface area (Å²) < 4.78 is 11.3. The molecule has 1 saturated heterocycles. The highest BCUT2D eigenvalue weighted by atomic mass is 16.6. The summed E-state index contributed by atoms with van der Waals surface area (Å²) in [6.07, 6.45) is 4.43. The number of aromatic nitrogens is 2. The van der Waals surface area contributed by atoms with Crippen LogP contribution in [0.3, 0.4) is 0 Å². The van der Waals surface area contributed by atoms with E-state index in [0.717, 1.165) is 42.4 Å². The largest absolute Gasteiger partial charge is 0.486 e. The molecule has 3 heterocycles. The van der Waals surface area contributed by atoms with Gasteiger partial charge in [-0.1, -0.05) is 6.92 Å². The van der Waals surface area contributed by atoms with Crippen molar-refractivity contribution >= 4 is 0 Å². The first-order chi connectivity index (χ1) is 12.3. The molecule has 25 heavy (non-hydrogen) atoms. The highest BCUT2D eigenvalue weighted by Crippen LogP contribution is 2.34. The van der Waals surface area contributed by atoms with Gasteiger partial charge in [-0.2, -0.15) is 5.10 Å². The van der Waals surface area contributed by atoms with Crippen LogP contribution < -0.4 is 14.8 Å². The van der Waals surface area contributed by atoms with E-state index >= 15 is 0 Å². The number of H-pyrrole nitrogens is 1. The van der Waals surface area contributed by atoms with E-state index in [1.807, 2.05) is 18.3 Å². The van der Waals surface area contributed by atoms with Crippen molar-refractivity contribution in [1.29, 1.82) is 0 Å². The first-order valence-electron chi connectivity index (χ1n) is 9.21. The minimum Gasteiger partial charge on any atom is -0.486 e. The van der Waals surface area contributed by atoms with Gasteiger partial charge in [0.25, 0.3) is 0 Å². The SMILES string of the molecule is CCN1CCC[C@H](NCc2cn[nH]c2-c2ccc3c(c2)OCCO3)C1. The molecule has 6 heteroatoms. The Balaban J connectivity index is 1.45. The van der Waals surface area contributed by atoms with Crippen LogP contribution in [0, 0.1) is 0 Å². The standard InChI is InChI=1S/C19H26N4O2/c1-2-23-7-3-4-16(13-23)20-11-15-12-21-22-19(15)14-5-6-17-18(10-14)25-9-8-24-17/h5-6,10,12,16,20H,2-4,7-9,11,13H2,1H3,(H,21,22)/t16-/m0/s1. The molecular weight excluding hydrogens is 316 g/mol. The second-order valence-corrected chi connectivity index (χ2v) is 6.74. The summed E-state index contributed by atoms with van der Waals surface area (Å²) in [5, 5.41) is 11.1. The summed E-state index contributed by atoms with van der Waals surface area (Å²) >= 11 is 0. The lowest BCUT2D eigenvalue weighted by Crippen LogP contribution is -2.45. The molecule has 0 aliphatic carbocycles. The number of likely N-dealkylation sites (tertiary alicyclic amines) is 1. The number of piperidine rings is 1. The molecule has 0 unspecified atom stereocenters. The van der Waals surface area contributed by atoms with E-state index in [1.165, 1.54) is 24.9 Å². The van der Waals surface area contributed by atoms with Gasteiger partial charge >= 0.3 is 0 Å². The monoisotopic (exact) mass is 342 g/mol. The van der Waals surface area contributed by atoms with Gasteiger partial charge in [-0.3, -0.25) is 5.10 Å². The number of rotatable bonds is 5. The molecular formula is C19H26N4O2. The average molecular weight is 342 g/mol. The first-order valence-corrected chi connectivity index (χ1v) is 9.21. The molecule has 1 atom stereocenters. The Labute approximate surface area is 148 Å². The fraction of sp³-hybridized carbons (Fsp3) is 0.526. The smallest absolute Gasteiger partial charge is 0.162 e. The third-order valence-electron chi connectivity index (χ3n) is 5.08. The quantitative estimate of drug-likeness (QED) is 0.874. The van der Waals surface area contributed by atoms with Crippen LogP contribution in [0.1, 0.15) is 25.3 Å². The lowest BCUT2D eigenvalue weighted by atomic mass is 10.0. The van der Waals surface area contributed by atoms with Gasteiger partial charge in [0.1, 0.15) is 13.2 Å². The maximum atomic E-state index is 5.70. The second-order valence-electron chi connectivity index (χ2n) is 6.74. The lowest BCUT2D eigenvalue weighted by molar-refractivity contribution is 0.171. The predicted molar refractivity (Wildman–Crippen MR) is 97.0 cm³/mol. The van der Waals surface area contributed by atoms with E-state index in [1.54, 1.807) is 0 Å².